The lowest BCUT2D eigenvalue weighted by molar-refractivity contribution is 0.0724. The summed E-state index contributed by atoms with van der Waals surface area (Å²) in [6, 6.07) is 10.9. The van der Waals surface area contributed by atoms with Crippen molar-refractivity contribution < 1.29 is 9.59 Å². The van der Waals surface area contributed by atoms with Gasteiger partial charge < -0.3 is 10.2 Å². The van der Waals surface area contributed by atoms with Crippen molar-refractivity contribution >= 4 is 17.5 Å². The average molecular weight is 363 g/mol. The molecule has 1 fully saturated rings. The summed E-state index contributed by atoms with van der Waals surface area (Å²) in [6.07, 6.45) is 6.58. The van der Waals surface area contributed by atoms with Gasteiger partial charge >= 0.3 is 0 Å². The number of rotatable bonds is 4. The third-order valence-corrected chi connectivity index (χ3v) is 4.82. The zero-order valence-electron chi connectivity index (χ0n) is 15.0. The lowest BCUT2D eigenvalue weighted by Gasteiger charge is -2.26. The van der Waals surface area contributed by atoms with E-state index in [1.54, 1.807) is 29.1 Å². The zero-order valence-corrected chi connectivity index (χ0v) is 15.0. The van der Waals surface area contributed by atoms with Crippen LogP contribution in [0.3, 0.4) is 0 Å². The van der Waals surface area contributed by atoms with Crippen LogP contribution >= 0.6 is 0 Å². The van der Waals surface area contributed by atoms with Crippen LogP contribution in [-0.2, 0) is 6.54 Å². The molecule has 1 N–H and O–H groups in total. The van der Waals surface area contributed by atoms with Crippen LogP contribution in [0.2, 0.25) is 0 Å². The SMILES string of the molecule is O=C(NCc1cccc(C(=O)N2CCCCC2)c1)c1ccc2nncn2c1. The number of aromatic nitrogens is 3. The van der Waals surface area contributed by atoms with Gasteiger partial charge in [-0.1, -0.05) is 12.1 Å². The summed E-state index contributed by atoms with van der Waals surface area (Å²) >= 11 is 0. The first kappa shape index (κ1) is 17.2. The lowest BCUT2D eigenvalue weighted by Crippen LogP contribution is -2.35. The average Bonchev–Trinajstić information content (AvgIpc) is 3.20. The van der Waals surface area contributed by atoms with E-state index in [-0.39, 0.29) is 11.8 Å². The molecular weight excluding hydrogens is 342 g/mol. The number of benzene rings is 1. The Kier molecular flexibility index (Phi) is 4.82. The molecule has 0 aliphatic carbocycles. The highest BCUT2D eigenvalue weighted by atomic mass is 16.2. The summed E-state index contributed by atoms with van der Waals surface area (Å²) in [7, 11) is 0. The molecule has 1 aromatic carbocycles. The van der Waals surface area contributed by atoms with Crippen molar-refractivity contribution in [1.29, 1.82) is 0 Å². The molecule has 1 aliphatic heterocycles. The second-order valence-corrected chi connectivity index (χ2v) is 6.75. The second kappa shape index (κ2) is 7.57. The smallest absolute Gasteiger partial charge is 0.253 e. The van der Waals surface area contributed by atoms with Gasteiger partial charge in [0.15, 0.2) is 5.65 Å². The van der Waals surface area contributed by atoms with E-state index >= 15 is 0 Å². The van der Waals surface area contributed by atoms with Crippen LogP contribution < -0.4 is 5.32 Å². The Balaban J connectivity index is 1.41. The highest BCUT2D eigenvalue weighted by Crippen LogP contribution is 2.14. The molecule has 0 saturated carbocycles. The molecule has 1 aliphatic rings. The van der Waals surface area contributed by atoms with Gasteiger partial charge in [0, 0.05) is 31.4 Å². The highest BCUT2D eigenvalue weighted by Gasteiger charge is 2.18. The van der Waals surface area contributed by atoms with Crippen molar-refractivity contribution in [3.8, 4) is 0 Å². The number of hydrogen-bond acceptors (Lipinski definition) is 4. The molecule has 0 atom stereocenters. The molecule has 0 bridgehead atoms. The van der Waals surface area contributed by atoms with E-state index in [1.807, 2.05) is 29.2 Å². The largest absolute Gasteiger partial charge is 0.348 e. The maximum atomic E-state index is 12.6. The molecule has 2 amide bonds. The minimum atomic E-state index is -0.182. The van der Waals surface area contributed by atoms with Gasteiger partial charge in [0.25, 0.3) is 11.8 Å². The molecule has 2 aromatic heterocycles. The minimum Gasteiger partial charge on any atom is -0.348 e. The summed E-state index contributed by atoms with van der Waals surface area (Å²) in [6.45, 7) is 2.01. The number of piperidine rings is 1. The molecule has 138 valence electrons. The molecule has 27 heavy (non-hydrogen) atoms. The summed E-state index contributed by atoms with van der Waals surface area (Å²) in [4.78, 5) is 27.0. The number of nitrogens with one attached hydrogen (secondary N) is 1. The first-order valence-corrected chi connectivity index (χ1v) is 9.16. The minimum absolute atomic E-state index is 0.0703. The molecule has 1 saturated heterocycles. The van der Waals surface area contributed by atoms with Crippen molar-refractivity contribution in [1.82, 2.24) is 24.8 Å². The second-order valence-electron chi connectivity index (χ2n) is 6.75. The number of hydrogen-bond donors (Lipinski definition) is 1. The molecule has 3 aromatic rings. The van der Waals surface area contributed by atoms with E-state index in [4.69, 9.17) is 0 Å². The van der Waals surface area contributed by atoms with Crippen LogP contribution in [0.5, 0.6) is 0 Å². The van der Waals surface area contributed by atoms with E-state index in [1.165, 1.54) is 6.42 Å². The normalized spacial score (nSPS) is 14.3. The van der Waals surface area contributed by atoms with E-state index in [2.05, 4.69) is 15.5 Å². The quantitative estimate of drug-likeness (QED) is 0.771. The first-order valence-electron chi connectivity index (χ1n) is 9.16. The van der Waals surface area contributed by atoms with Crippen molar-refractivity contribution in [2.75, 3.05) is 13.1 Å². The Bertz CT molecular complexity index is 975. The molecule has 7 nitrogen and oxygen atoms in total. The molecule has 0 unspecified atom stereocenters. The predicted octanol–water partition coefficient (Wildman–Crippen LogP) is 2.29. The van der Waals surface area contributed by atoms with Gasteiger partial charge in [-0.15, -0.1) is 10.2 Å². The summed E-state index contributed by atoms with van der Waals surface area (Å²) < 4.78 is 1.70. The predicted molar refractivity (Wildman–Crippen MR) is 100 cm³/mol. The van der Waals surface area contributed by atoms with Crippen LogP contribution in [0.15, 0.2) is 48.9 Å². The van der Waals surface area contributed by atoms with Crippen LogP contribution in [0.4, 0.5) is 0 Å². The van der Waals surface area contributed by atoms with Gasteiger partial charge in [-0.2, -0.15) is 0 Å². The van der Waals surface area contributed by atoms with Gasteiger partial charge in [-0.05, 0) is 49.1 Å². The molecule has 7 heteroatoms. The third kappa shape index (κ3) is 3.81. The fourth-order valence-electron chi connectivity index (χ4n) is 3.34. The number of fused-ring (bicyclic) bond motifs is 1. The molecule has 4 rings (SSSR count). The summed E-state index contributed by atoms with van der Waals surface area (Å²) in [5.41, 5.74) is 2.80. The fraction of sp³-hybridized carbons (Fsp3) is 0.300. The van der Waals surface area contributed by atoms with Crippen molar-refractivity contribution in [3.63, 3.8) is 0 Å². The number of pyridine rings is 1. The number of likely N-dealkylation sites (tertiary alicyclic amines) is 1. The maximum Gasteiger partial charge on any atom is 0.253 e. The standard InChI is InChI=1S/C20H21N5O2/c26-19(17-7-8-18-23-22-14-25(18)13-17)21-12-15-5-4-6-16(11-15)20(27)24-9-2-1-3-10-24/h4-8,11,13-14H,1-3,9-10,12H2,(H,21,26). The third-order valence-electron chi connectivity index (χ3n) is 4.82. The van der Waals surface area contributed by atoms with Crippen LogP contribution in [0.25, 0.3) is 5.65 Å². The van der Waals surface area contributed by atoms with E-state index < -0.39 is 0 Å². The van der Waals surface area contributed by atoms with Crippen molar-refractivity contribution in [2.45, 2.75) is 25.8 Å². The van der Waals surface area contributed by atoms with Gasteiger partial charge in [0.2, 0.25) is 0 Å². The van der Waals surface area contributed by atoms with Crippen LogP contribution in [0, 0.1) is 0 Å². The Morgan fingerprint density at radius 3 is 2.74 bits per heavy atom. The van der Waals surface area contributed by atoms with E-state index in [0.717, 1.165) is 31.5 Å². The Labute approximate surface area is 157 Å². The highest BCUT2D eigenvalue weighted by molar-refractivity contribution is 5.95. The van der Waals surface area contributed by atoms with Gasteiger partial charge in [-0.3, -0.25) is 14.0 Å². The number of carbonyl (C=O) groups is 2. The molecule has 3 heterocycles. The topological polar surface area (TPSA) is 79.6 Å². The number of amides is 2. The maximum absolute atomic E-state index is 12.6. The van der Waals surface area contributed by atoms with Gasteiger partial charge in [0.05, 0.1) is 5.56 Å². The van der Waals surface area contributed by atoms with Crippen molar-refractivity contribution in [3.05, 3.63) is 65.6 Å². The Morgan fingerprint density at radius 1 is 1.04 bits per heavy atom. The van der Waals surface area contributed by atoms with Crippen LogP contribution in [0.1, 0.15) is 45.5 Å². The summed E-state index contributed by atoms with van der Waals surface area (Å²) in [5, 5.41) is 10.6. The number of nitrogens with zero attached hydrogens (tertiary/aromatic N) is 4. The van der Waals surface area contributed by atoms with Gasteiger partial charge in [0.1, 0.15) is 6.33 Å². The van der Waals surface area contributed by atoms with Gasteiger partial charge in [-0.25, -0.2) is 0 Å². The lowest BCUT2D eigenvalue weighted by atomic mass is 10.1. The Morgan fingerprint density at radius 2 is 1.89 bits per heavy atom. The zero-order chi connectivity index (χ0) is 18.6. The molecule has 0 radical (unpaired) electrons. The fourth-order valence-corrected chi connectivity index (χ4v) is 3.34. The van der Waals surface area contributed by atoms with E-state index in [0.29, 0.717) is 23.3 Å². The monoisotopic (exact) mass is 363 g/mol. The van der Waals surface area contributed by atoms with Crippen molar-refractivity contribution in [2.24, 2.45) is 0 Å². The van der Waals surface area contributed by atoms with E-state index in [9.17, 15) is 9.59 Å². The summed E-state index contributed by atoms with van der Waals surface area (Å²) in [5.74, 6) is -0.112. The first-order chi connectivity index (χ1) is 13.2. The Hall–Kier alpha value is -3.22. The molecule has 0 spiro atoms. The number of carbonyl (C=O) groups excluding carboxylic acids is 2. The van der Waals surface area contributed by atoms with Crippen LogP contribution in [-0.4, -0.2) is 44.4 Å². The molecular formula is C20H21N5O2.